The molecule has 3 atom stereocenters. The molecule has 39 heavy (non-hydrogen) atoms. The summed E-state index contributed by atoms with van der Waals surface area (Å²) in [5.41, 5.74) is 2.94. The summed E-state index contributed by atoms with van der Waals surface area (Å²) in [5, 5.41) is 0. The molecule has 0 unspecified atom stereocenters. The Hall–Kier alpha value is -4.26. The molecule has 0 aliphatic carbocycles. The highest BCUT2D eigenvalue weighted by Crippen LogP contribution is 2.41. The first kappa shape index (κ1) is 25.0. The summed E-state index contributed by atoms with van der Waals surface area (Å²) in [6.45, 7) is 0.974. The van der Waals surface area contributed by atoms with E-state index in [-0.39, 0.29) is 12.4 Å². The number of hydrogen-bond acceptors (Lipinski definition) is 6. The first-order chi connectivity index (χ1) is 19.1. The van der Waals surface area contributed by atoms with Crippen molar-refractivity contribution in [2.24, 2.45) is 0 Å². The number of carbonyl (C=O) groups excluding carboxylic acids is 2. The fourth-order valence-electron chi connectivity index (χ4n) is 5.65. The third-order valence-corrected chi connectivity index (χ3v) is 7.50. The Morgan fingerprint density at radius 2 is 1.18 bits per heavy atom. The van der Waals surface area contributed by atoms with E-state index in [0.717, 1.165) is 22.3 Å². The van der Waals surface area contributed by atoms with E-state index < -0.39 is 30.0 Å². The Bertz CT molecular complexity index is 1320. The van der Waals surface area contributed by atoms with Gasteiger partial charge in [-0.2, -0.15) is 0 Å². The van der Waals surface area contributed by atoms with E-state index in [9.17, 15) is 9.59 Å². The van der Waals surface area contributed by atoms with Gasteiger partial charge in [0.15, 0.2) is 11.9 Å². The highest BCUT2D eigenvalue weighted by atomic mass is 16.8. The minimum absolute atomic E-state index is 0.0884. The number of hydrogen-bond donors (Lipinski definition) is 0. The highest BCUT2D eigenvalue weighted by Gasteiger charge is 2.52. The van der Waals surface area contributed by atoms with Gasteiger partial charge in [0.1, 0.15) is 5.60 Å². The number of ketones is 1. The molecule has 0 spiro atoms. The summed E-state index contributed by atoms with van der Waals surface area (Å²) in [5.74, 6) is -0.212. The number of Topliss-reactive ketones (excluding diaryl/α,β-unsaturated/α-hetero) is 1. The summed E-state index contributed by atoms with van der Waals surface area (Å²) in [6, 6.07) is 39.5. The van der Waals surface area contributed by atoms with Crippen LogP contribution in [0.15, 0.2) is 121 Å². The van der Waals surface area contributed by atoms with E-state index in [0.29, 0.717) is 13.1 Å². The lowest BCUT2D eigenvalue weighted by Crippen LogP contribution is -2.59. The maximum atomic E-state index is 13.8. The van der Waals surface area contributed by atoms with E-state index in [4.69, 9.17) is 14.2 Å². The van der Waals surface area contributed by atoms with Gasteiger partial charge in [0, 0.05) is 13.1 Å². The zero-order valence-electron chi connectivity index (χ0n) is 21.4. The van der Waals surface area contributed by atoms with E-state index in [2.05, 4.69) is 0 Å². The molecule has 0 radical (unpaired) electrons. The first-order valence-electron chi connectivity index (χ1n) is 13.1. The second-order valence-corrected chi connectivity index (χ2v) is 9.87. The van der Waals surface area contributed by atoms with Crippen LogP contribution in [0.1, 0.15) is 22.3 Å². The molecular formula is C33H29NO5. The topological polar surface area (TPSA) is 65.1 Å². The summed E-state index contributed by atoms with van der Waals surface area (Å²) in [7, 11) is 0. The fraction of sp³-hybridized carbons (Fsp3) is 0.212. The lowest BCUT2D eigenvalue weighted by molar-refractivity contribution is -0.144. The number of rotatable bonds is 8. The van der Waals surface area contributed by atoms with Crippen LogP contribution < -0.4 is 0 Å². The lowest BCUT2D eigenvalue weighted by Gasteiger charge is -2.41. The molecule has 6 heteroatoms. The number of piperidine rings is 1. The quantitative estimate of drug-likeness (QED) is 0.231. The zero-order valence-corrected chi connectivity index (χ0v) is 21.4. The van der Waals surface area contributed by atoms with Gasteiger partial charge in [-0.05, 0) is 22.3 Å². The molecule has 4 aromatic rings. The van der Waals surface area contributed by atoms with Crippen LogP contribution in [-0.4, -0.2) is 48.2 Å². The molecule has 2 fully saturated rings. The predicted octanol–water partition coefficient (Wildman–Crippen LogP) is 5.35. The maximum Gasteiger partial charge on any atom is 0.509 e. The maximum absolute atomic E-state index is 13.8. The highest BCUT2D eigenvalue weighted by molar-refractivity contribution is 5.92. The van der Waals surface area contributed by atoms with E-state index >= 15 is 0 Å². The van der Waals surface area contributed by atoms with E-state index in [1.807, 2.05) is 126 Å². The largest absolute Gasteiger partial charge is 0.509 e. The normalized spacial score (nSPS) is 21.2. The van der Waals surface area contributed by atoms with Crippen molar-refractivity contribution in [2.75, 3.05) is 13.2 Å². The summed E-state index contributed by atoms with van der Waals surface area (Å²) in [6.07, 6.45) is -2.36. The second kappa shape index (κ2) is 10.8. The minimum Gasteiger partial charge on any atom is -0.425 e. The van der Waals surface area contributed by atoms with Crippen LogP contribution in [0, 0.1) is 0 Å². The van der Waals surface area contributed by atoms with Crippen molar-refractivity contribution in [3.63, 3.8) is 0 Å². The van der Waals surface area contributed by atoms with Gasteiger partial charge in [-0.25, -0.2) is 4.79 Å². The third-order valence-electron chi connectivity index (χ3n) is 7.50. The Morgan fingerprint density at radius 1 is 0.692 bits per heavy atom. The number of nitrogens with zero attached hydrogens (tertiary/aromatic N) is 1. The average Bonchev–Trinajstić information content (AvgIpc) is 3.37. The number of benzene rings is 4. The van der Waals surface area contributed by atoms with Gasteiger partial charge in [-0.15, -0.1) is 0 Å². The van der Waals surface area contributed by atoms with Crippen molar-refractivity contribution in [3.8, 4) is 0 Å². The summed E-state index contributed by atoms with van der Waals surface area (Å²) < 4.78 is 17.6. The van der Waals surface area contributed by atoms with E-state index in [1.165, 1.54) is 0 Å². The zero-order chi connectivity index (χ0) is 26.7. The summed E-state index contributed by atoms with van der Waals surface area (Å²) in [4.78, 5) is 27.8. The van der Waals surface area contributed by atoms with Crippen LogP contribution in [0.2, 0.25) is 0 Å². The van der Waals surface area contributed by atoms with Crippen molar-refractivity contribution in [1.29, 1.82) is 0 Å². The Labute approximate surface area is 227 Å². The lowest BCUT2D eigenvalue weighted by atomic mass is 9.80. The Balaban J connectivity index is 1.41. The van der Waals surface area contributed by atoms with Crippen molar-refractivity contribution in [2.45, 2.75) is 30.4 Å². The van der Waals surface area contributed by atoms with Gasteiger partial charge in [-0.1, -0.05) is 121 Å². The fourth-order valence-corrected chi connectivity index (χ4v) is 5.65. The van der Waals surface area contributed by atoms with Crippen molar-refractivity contribution in [1.82, 2.24) is 4.90 Å². The molecule has 4 aromatic carbocycles. The van der Waals surface area contributed by atoms with Crippen LogP contribution in [0.25, 0.3) is 0 Å². The van der Waals surface area contributed by atoms with Gasteiger partial charge in [-0.3, -0.25) is 9.69 Å². The van der Waals surface area contributed by atoms with E-state index in [1.54, 1.807) is 0 Å². The van der Waals surface area contributed by atoms with Crippen molar-refractivity contribution in [3.05, 3.63) is 144 Å². The smallest absolute Gasteiger partial charge is 0.425 e. The van der Waals surface area contributed by atoms with Gasteiger partial charge < -0.3 is 14.2 Å². The number of carbonyl (C=O) groups is 2. The molecule has 0 amide bonds. The third kappa shape index (κ3) is 4.85. The first-order valence-corrected chi connectivity index (χ1v) is 13.1. The molecule has 6 rings (SSSR count). The number of ether oxygens (including phenoxy) is 3. The van der Waals surface area contributed by atoms with Crippen LogP contribution in [0.4, 0.5) is 4.79 Å². The van der Waals surface area contributed by atoms with Crippen LogP contribution in [0.3, 0.4) is 0 Å². The molecule has 196 valence electrons. The van der Waals surface area contributed by atoms with Gasteiger partial charge >= 0.3 is 6.16 Å². The van der Waals surface area contributed by atoms with Crippen LogP contribution in [-0.2, 0) is 31.2 Å². The van der Waals surface area contributed by atoms with Crippen molar-refractivity contribution >= 4 is 11.9 Å². The monoisotopic (exact) mass is 519 g/mol. The second-order valence-electron chi connectivity index (χ2n) is 9.87. The van der Waals surface area contributed by atoms with Crippen molar-refractivity contribution < 1.29 is 23.8 Å². The molecule has 6 nitrogen and oxygen atoms in total. The molecule has 2 aliphatic heterocycles. The SMILES string of the molecule is O=C1O[C@H]2CN(Cc3ccccc3)[C@H](COC(c3ccccc3)(c3ccccc3)c3ccccc3)C(=O)[C@@H]2O1. The molecular weight excluding hydrogens is 490 g/mol. The number of likely N-dealkylation sites (tertiary alicyclic amines) is 1. The predicted molar refractivity (Wildman–Crippen MR) is 146 cm³/mol. The van der Waals surface area contributed by atoms with Crippen LogP contribution >= 0.6 is 0 Å². The van der Waals surface area contributed by atoms with Crippen LogP contribution in [0.5, 0.6) is 0 Å². The number of fused-ring (bicyclic) bond motifs is 1. The Kier molecular flexibility index (Phi) is 6.97. The molecule has 0 aromatic heterocycles. The molecule has 2 saturated heterocycles. The van der Waals surface area contributed by atoms with Gasteiger partial charge in [0.2, 0.25) is 6.10 Å². The molecule has 2 heterocycles. The standard InChI is InChI=1S/C33H29NO5/c35-30-28(34(21-24-13-5-1-6-14-24)22-29-31(30)39-32(36)38-29)23-37-33(25-15-7-2-8-16-25,26-17-9-3-10-18-26)27-19-11-4-12-20-27/h1-20,28-29,31H,21-23H2/t28-,29+,31-/m1/s1. The van der Waals surface area contributed by atoms with Gasteiger partial charge in [0.25, 0.3) is 0 Å². The molecule has 0 saturated carbocycles. The molecule has 2 aliphatic rings. The molecule has 0 bridgehead atoms. The molecule has 0 N–H and O–H groups in total. The summed E-state index contributed by atoms with van der Waals surface area (Å²) >= 11 is 0. The Morgan fingerprint density at radius 3 is 1.69 bits per heavy atom. The minimum atomic E-state index is -0.970. The van der Waals surface area contributed by atoms with Gasteiger partial charge in [0.05, 0.1) is 12.6 Å². The average molecular weight is 520 g/mol.